The van der Waals surface area contributed by atoms with Gasteiger partial charge in [-0.2, -0.15) is 0 Å². The molecule has 112 valence electrons. The van der Waals surface area contributed by atoms with Crippen molar-refractivity contribution in [3.05, 3.63) is 33.8 Å². The summed E-state index contributed by atoms with van der Waals surface area (Å²) in [6.07, 6.45) is 3.29. The van der Waals surface area contributed by atoms with Crippen molar-refractivity contribution in [2.75, 3.05) is 19.6 Å². The first kappa shape index (κ1) is 17.3. The highest BCUT2D eigenvalue weighted by Gasteiger charge is 2.03. The number of amides is 1. The van der Waals surface area contributed by atoms with Crippen LogP contribution in [0.2, 0.25) is 10.0 Å². The Morgan fingerprint density at radius 1 is 1.15 bits per heavy atom. The Morgan fingerprint density at radius 2 is 1.95 bits per heavy atom. The van der Waals surface area contributed by atoms with Crippen molar-refractivity contribution < 1.29 is 4.79 Å². The van der Waals surface area contributed by atoms with Gasteiger partial charge in [-0.05, 0) is 43.5 Å². The summed E-state index contributed by atoms with van der Waals surface area (Å²) in [7, 11) is 0. The van der Waals surface area contributed by atoms with Crippen LogP contribution >= 0.6 is 23.2 Å². The molecule has 3 nitrogen and oxygen atoms in total. The van der Waals surface area contributed by atoms with Gasteiger partial charge in [-0.25, -0.2) is 0 Å². The summed E-state index contributed by atoms with van der Waals surface area (Å²) in [6, 6.07) is 5.59. The van der Waals surface area contributed by atoms with E-state index in [2.05, 4.69) is 17.6 Å². The van der Waals surface area contributed by atoms with Gasteiger partial charge in [0.05, 0.1) is 10.0 Å². The van der Waals surface area contributed by atoms with Crippen LogP contribution in [-0.4, -0.2) is 25.5 Å². The van der Waals surface area contributed by atoms with E-state index in [0.717, 1.165) is 37.9 Å². The van der Waals surface area contributed by atoms with Crippen LogP contribution in [0, 0.1) is 0 Å². The second kappa shape index (κ2) is 10.0. The maximum atomic E-state index is 11.6. The van der Waals surface area contributed by atoms with Crippen LogP contribution in [0.5, 0.6) is 0 Å². The van der Waals surface area contributed by atoms with Gasteiger partial charge in [0.25, 0.3) is 0 Å². The zero-order chi connectivity index (χ0) is 14.8. The van der Waals surface area contributed by atoms with Crippen molar-refractivity contribution in [3.63, 3.8) is 0 Å². The van der Waals surface area contributed by atoms with Crippen LogP contribution in [0.3, 0.4) is 0 Å². The molecule has 0 heterocycles. The maximum absolute atomic E-state index is 11.6. The van der Waals surface area contributed by atoms with E-state index in [-0.39, 0.29) is 5.91 Å². The minimum atomic E-state index is 0.100. The van der Waals surface area contributed by atoms with Gasteiger partial charge in [-0.3, -0.25) is 4.79 Å². The van der Waals surface area contributed by atoms with Crippen molar-refractivity contribution in [2.45, 2.75) is 32.6 Å². The molecule has 0 saturated heterocycles. The number of aryl methyl sites for hydroxylation is 1. The number of hydrogen-bond acceptors (Lipinski definition) is 2. The van der Waals surface area contributed by atoms with Crippen LogP contribution in [0.15, 0.2) is 18.2 Å². The van der Waals surface area contributed by atoms with E-state index in [1.54, 1.807) is 6.07 Å². The van der Waals surface area contributed by atoms with Crippen LogP contribution in [0.4, 0.5) is 0 Å². The monoisotopic (exact) mass is 316 g/mol. The van der Waals surface area contributed by atoms with Gasteiger partial charge in [-0.1, -0.05) is 36.2 Å². The highest BCUT2D eigenvalue weighted by atomic mass is 35.5. The summed E-state index contributed by atoms with van der Waals surface area (Å²) in [5.41, 5.74) is 1.11. The van der Waals surface area contributed by atoms with Gasteiger partial charge < -0.3 is 10.6 Å². The van der Waals surface area contributed by atoms with Crippen LogP contribution in [-0.2, 0) is 11.2 Å². The third-order valence-electron chi connectivity index (χ3n) is 2.90. The number of hydrogen-bond donors (Lipinski definition) is 2. The molecule has 0 radical (unpaired) electrons. The van der Waals surface area contributed by atoms with Gasteiger partial charge in [0.1, 0.15) is 0 Å². The summed E-state index contributed by atoms with van der Waals surface area (Å²) in [5.74, 6) is 0.100. The zero-order valence-corrected chi connectivity index (χ0v) is 13.4. The Labute approximate surface area is 131 Å². The third-order valence-corrected chi connectivity index (χ3v) is 3.64. The minimum absolute atomic E-state index is 0.100. The van der Waals surface area contributed by atoms with E-state index in [0.29, 0.717) is 23.0 Å². The first-order chi connectivity index (χ1) is 9.63. The molecule has 0 atom stereocenters. The molecule has 0 bridgehead atoms. The summed E-state index contributed by atoms with van der Waals surface area (Å²) in [6.45, 7) is 4.62. The fourth-order valence-electron chi connectivity index (χ4n) is 1.83. The largest absolute Gasteiger partial charge is 0.355 e. The lowest BCUT2D eigenvalue weighted by Crippen LogP contribution is -2.31. The molecular formula is C15H22Cl2N2O. The molecular weight excluding hydrogens is 295 g/mol. The summed E-state index contributed by atoms with van der Waals surface area (Å²) in [4.78, 5) is 11.6. The van der Waals surface area contributed by atoms with Gasteiger partial charge >= 0.3 is 0 Å². The predicted molar refractivity (Wildman–Crippen MR) is 85.6 cm³/mol. The molecule has 1 aromatic rings. The Balaban J connectivity index is 2.13. The molecule has 0 aliphatic heterocycles. The number of halogens is 2. The fourth-order valence-corrected chi connectivity index (χ4v) is 2.15. The topological polar surface area (TPSA) is 41.1 Å². The van der Waals surface area contributed by atoms with E-state index in [1.165, 1.54) is 0 Å². The average molecular weight is 317 g/mol. The fraction of sp³-hybridized carbons (Fsp3) is 0.533. The molecule has 20 heavy (non-hydrogen) atoms. The molecule has 5 heteroatoms. The highest BCUT2D eigenvalue weighted by molar-refractivity contribution is 6.42. The molecule has 0 fully saturated rings. The summed E-state index contributed by atoms with van der Waals surface area (Å²) < 4.78 is 0. The summed E-state index contributed by atoms with van der Waals surface area (Å²) >= 11 is 11.8. The molecule has 0 unspecified atom stereocenters. The average Bonchev–Trinajstić information content (AvgIpc) is 2.42. The van der Waals surface area contributed by atoms with Crippen molar-refractivity contribution in [1.29, 1.82) is 0 Å². The van der Waals surface area contributed by atoms with Gasteiger partial charge in [0.15, 0.2) is 0 Å². The lowest BCUT2D eigenvalue weighted by Gasteiger charge is -2.06. The van der Waals surface area contributed by atoms with E-state index in [1.807, 2.05) is 12.1 Å². The van der Waals surface area contributed by atoms with Crippen LogP contribution in [0.25, 0.3) is 0 Å². The molecule has 2 N–H and O–H groups in total. The predicted octanol–water partition coefficient (Wildman–Crippen LogP) is 3.43. The minimum Gasteiger partial charge on any atom is -0.355 e. The van der Waals surface area contributed by atoms with Crippen molar-refractivity contribution in [1.82, 2.24) is 10.6 Å². The molecule has 0 aliphatic carbocycles. The van der Waals surface area contributed by atoms with Crippen LogP contribution < -0.4 is 10.6 Å². The van der Waals surface area contributed by atoms with Gasteiger partial charge in [0.2, 0.25) is 5.91 Å². The molecule has 1 amide bonds. The summed E-state index contributed by atoms with van der Waals surface area (Å²) in [5, 5.41) is 7.27. The van der Waals surface area contributed by atoms with E-state index in [9.17, 15) is 4.79 Å². The first-order valence-electron chi connectivity index (χ1n) is 7.04. The smallest absolute Gasteiger partial charge is 0.220 e. The number of carbonyl (C=O) groups is 1. The first-order valence-corrected chi connectivity index (χ1v) is 7.80. The van der Waals surface area contributed by atoms with E-state index >= 15 is 0 Å². The standard InChI is InChI=1S/C15H22Cl2N2O/c1-2-8-18-9-10-19-15(20)5-3-4-12-6-7-13(16)14(17)11-12/h6-7,11,18H,2-5,8-10H2,1H3,(H,19,20). The second-order valence-corrected chi connectivity index (χ2v) is 5.52. The Kier molecular flexibility index (Phi) is 8.67. The zero-order valence-electron chi connectivity index (χ0n) is 11.8. The molecule has 0 spiro atoms. The third kappa shape index (κ3) is 7.13. The molecule has 1 aromatic carbocycles. The Bertz CT molecular complexity index is 424. The highest BCUT2D eigenvalue weighted by Crippen LogP contribution is 2.23. The van der Waals surface area contributed by atoms with Gasteiger partial charge in [-0.15, -0.1) is 0 Å². The van der Waals surface area contributed by atoms with Gasteiger partial charge in [0, 0.05) is 19.5 Å². The number of rotatable bonds is 9. The molecule has 0 aromatic heterocycles. The second-order valence-electron chi connectivity index (χ2n) is 4.70. The quantitative estimate of drug-likeness (QED) is 0.685. The molecule has 1 rings (SSSR count). The number of benzene rings is 1. The van der Waals surface area contributed by atoms with Crippen molar-refractivity contribution >= 4 is 29.1 Å². The van der Waals surface area contributed by atoms with Crippen LogP contribution in [0.1, 0.15) is 31.7 Å². The maximum Gasteiger partial charge on any atom is 0.220 e. The lowest BCUT2D eigenvalue weighted by molar-refractivity contribution is -0.121. The van der Waals surface area contributed by atoms with E-state index in [4.69, 9.17) is 23.2 Å². The van der Waals surface area contributed by atoms with Crippen molar-refractivity contribution in [2.24, 2.45) is 0 Å². The Morgan fingerprint density at radius 3 is 2.65 bits per heavy atom. The van der Waals surface area contributed by atoms with E-state index < -0.39 is 0 Å². The molecule has 0 aliphatic rings. The number of carbonyl (C=O) groups excluding carboxylic acids is 1. The molecule has 0 saturated carbocycles. The SMILES string of the molecule is CCCNCCNC(=O)CCCc1ccc(Cl)c(Cl)c1. The van der Waals surface area contributed by atoms with Crippen molar-refractivity contribution in [3.8, 4) is 0 Å². The lowest BCUT2D eigenvalue weighted by atomic mass is 10.1. The normalized spacial score (nSPS) is 10.6. The number of nitrogens with one attached hydrogen (secondary N) is 2. The Hall–Kier alpha value is -0.770.